The number of hydrogen-bond acceptors (Lipinski definition) is 3. The third-order valence-electron chi connectivity index (χ3n) is 5.22. The highest BCUT2D eigenvalue weighted by Crippen LogP contribution is 2.40. The number of nitrogens with two attached hydrogens (primary N) is 1. The molecule has 0 radical (unpaired) electrons. The average molecular weight is 290 g/mol. The lowest BCUT2D eigenvalue weighted by Crippen LogP contribution is -2.36. The summed E-state index contributed by atoms with van der Waals surface area (Å²) in [5, 5.41) is 0. The summed E-state index contributed by atoms with van der Waals surface area (Å²) in [4.78, 5) is 0. The third kappa shape index (κ3) is 3.78. The smallest absolute Gasteiger partial charge is 0.119 e. The molecule has 1 saturated carbocycles. The Balaban J connectivity index is 2.10. The van der Waals surface area contributed by atoms with Crippen molar-refractivity contribution in [1.82, 2.24) is 5.43 Å². The topological polar surface area (TPSA) is 47.3 Å². The fourth-order valence-corrected chi connectivity index (χ4v) is 3.75. The molecule has 1 aliphatic carbocycles. The maximum absolute atomic E-state index is 5.89. The Bertz CT molecular complexity index is 451. The zero-order valence-electron chi connectivity index (χ0n) is 13.9. The van der Waals surface area contributed by atoms with Gasteiger partial charge in [-0.15, -0.1) is 0 Å². The fourth-order valence-electron chi connectivity index (χ4n) is 3.75. The van der Waals surface area contributed by atoms with Crippen LogP contribution in [0.15, 0.2) is 18.2 Å². The highest BCUT2D eigenvalue weighted by atomic mass is 16.5. The first-order valence-electron chi connectivity index (χ1n) is 8.17. The van der Waals surface area contributed by atoms with Crippen LogP contribution < -0.4 is 16.0 Å². The Hall–Kier alpha value is -1.06. The molecular weight excluding hydrogens is 260 g/mol. The first-order valence-corrected chi connectivity index (χ1v) is 8.17. The van der Waals surface area contributed by atoms with Crippen LogP contribution in [-0.4, -0.2) is 7.11 Å². The maximum atomic E-state index is 5.89. The molecule has 1 atom stereocenters. The lowest BCUT2D eigenvalue weighted by Gasteiger charge is -2.35. The van der Waals surface area contributed by atoms with Crippen molar-refractivity contribution in [2.24, 2.45) is 23.6 Å². The van der Waals surface area contributed by atoms with Gasteiger partial charge in [0.15, 0.2) is 0 Å². The summed E-state index contributed by atoms with van der Waals surface area (Å²) in [7, 11) is 1.71. The van der Waals surface area contributed by atoms with Gasteiger partial charge in [0.25, 0.3) is 0 Å². The third-order valence-corrected chi connectivity index (χ3v) is 5.22. The number of methoxy groups -OCH3 is 1. The number of hydrazine groups is 1. The molecule has 2 rings (SSSR count). The molecule has 1 fully saturated rings. The van der Waals surface area contributed by atoms with Crippen LogP contribution in [0.1, 0.15) is 56.7 Å². The maximum Gasteiger partial charge on any atom is 0.119 e. The second kappa shape index (κ2) is 7.28. The molecule has 21 heavy (non-hydrogen) atoms. The summed E-state index contributed by atoms with van der Waals surface area (Å²) in [6.45, 7) is 6.83. The van der Waals surface area contributed by atoms with Crippen LogP contribution in [0.4, 0.5) is 0 Å². The van der Waals surface area contributed by atoms with E-state index < -0.39 is 0 Å². The van der Waals surface area contributed by atoms with E-state index in [2.05, 4.69) is 38.3 Å². The highest BCUT2D eigenvalue weighted by Gasteiger charge is 2.29. The molecule has 1 aliphatic rings. The fraction of sp³-hybridized carbons (Fsp3) is 0.667. The zero-order valence-corrected chi connectivity index (χ0v) is 13.9. The van der Waals surface area contributed by atoms with Crippen LogP contribution in [0.2, 0.25) is 0 Å². The summed E-state index contributed by atoms with van der Waals surface area (Å²) >= 11 is 0. The first-order chi connectivity index (χ1) is 10.1. The number of benzene rings is 1. The van der Waals surface area contributed by atoms with Crippen LogP contribution in [0.25, 0.3) is 0 Å². The van der Waals surface area contributed by atoms with Gasteiger partial charge in [-0.2, -0.15) is 0 Å². The quantitative estimate of drug-likeness (QED) is 0.637. The van der Waals surface area contributed by atoms with Gasteiger partial charge in [0.2, 0.25) is 0 Å². The van der Waals surface area contributed by atoms with E-state index in [0.29, 0.717) is 5.92 Å². The Morgan fingerprint density at radius 2 is 1.76 bits per heavy atom. The molecule has 1 aromatic rings. The minimum atomic E-state index is 0.254. The predicted molar refractivity (Wildman–Crippen MR) is 88.1 cm³/mol. The van der Waals surface area contributed by atoms with Gasteiger partial charge in [0.1, 0.15) is 5.75 Å². The number of nitrogens with one attached hydrogen (secondary N) is 1. The molecule has 1 aromatic carbocycles. The number of ether oxygens (including phenoxy) is 1. The van der Waals surface area contributed by atoms with Crippen molar-refractivity contribution < 1.29 is 4.74 Å². The summed E-state index contributed by atoms with van der Waals surface area (Å²) in [5.74, 6) is 9.13. The van der Waals surface area contributed by atoms with Gasteiger partial charge in [-0.1, -0.05) is 19.9 Å². The molecule has 0 spiro atoms. The summed E-state index contributed by atoms with van der Waals surface area (Å²) in [6.07, 6.45) is 5.19. The Labute approximate surface area is 129 Å². The summed E-state index contributed by atoms with van der Waals surface area (Å²) in [5.41, 5.74) is 5.63. The SMILES string of the molecule is COc1ccc(C(NN)C2CCC(C(C)C)CC2)c(C)c1. The normalized spacial score (nSPS) is 24.1. The van der Waals surface area contributed by atoms with Gasteiger partial charge in [0, 0.05) is 6.04 Å². The second-order valence-electron chi connectivity index (χ2n) is 6.79. The van der Waals surface area contributed by atoms with Crippen molar-refractivity contribution in [3.8, 4) is 5.75 Å². The van der Waals surface area contributed by atoms with E-state index >= 15 is 0 Å². The van der Waals surface area contributed by atoms with Crippen LogP contribution in [0.3, 0.4) is 0 Å². The molecule has 3 heteroatoms. The van der Waals surface area contributed by atoms with Gasteiger partial charge in [0.05, 0.1) is 7.11 Å². The molecule has 0 aromatic heterocycles. The lowest BCUT2D eigenvalue weighted by molar-refractivity contribution is 0.189. The largest absolute Gasteiger partial charge is 0.497 e. The highest BCUT2D eigenvalue weighted by molar-refractivity contribution is 5.37. The monoisotopic (exact) mass is 290 g/mol. The number of aryl methyl sites for hydroxylation is 1. The standard InChI is InChI=1S/C18H30N2O/c1-12(2)14-5-7-15(8-6-14)18(20-19)17-10-9-16(21-4)11-13(17)3/h9-12,14-15,18,20H,5-8,19H2,1-4H3. The van der Waals surface area contributed by atoms with Crippen molar-refractivity contribution in [2.45, 2.75) is 52.5 Å². The molecule has 1 unspecified atom stereocenters. The Kier molecular flexibility index (Phi) is 5.65. The van der Waals surface area contributed by atoms with E-state index in [1.807, 2.05) is 6.07 Å². The molecule has 118 valence electrons. The summed E-state index contributed by atoms with van der Waals surface area (Å²) < 4.78 is 5.30. The van der Waals surface area contributed by atoms with E-state index in [1.165, 1.54) is 36.8 Å². The minimum absolute atomic E-state index is 0.254. The molecule has 0 heterocycles. The van der Waals surface area contributed by atoms with Crippen LogP contribution in [0, 0.1) is 24.7 Å². The minimum Gasteiger partial charge on any atom is -0.497 e. The van der Waals surface area contributed by atoms with E-state index in [4.69, 9.17) is 10.6 Å². The van der Waals surface area contributed by atoms with E-state index in [9.17, 15) is 0 Å². The number of rotatable bonds is 5. The molecule has 0 saturated heterocycles. The summed E-state index contributed by atoms with van der Waals surface area (Å²) in [6, 6.07) is 6.54. The molecule has 3 N–H and O–H groups in total. The molecule has 0 aliphatic heterocycles. The van der Waals surface area contributed by atoms with Gasteiger partial charge in [-0.3, -0.25) is 11.3 Å². The van der Waals surface area contributed by atoms with Crippen LogP contribution in [-0.2, 0) is 0 Å². The second-order valence-corrected chi connectivity index (χ2v) is 6.79. The molecule has 3 nitrogen and oxygen atoms in total. The van der Waals surface area contributed by atoms with Gasteiger partial charge in [-0.25, -0.2) is 0 Å². The molecule has 0 bridgehead atoms. The predicted octanol–water partition coefficient (Wildman–Crippen LogP) is 3.97. The van der Waals surface area contributed by atoms with E-state index in [0.717, 1.165) is 17.6 Å². The van der Waals surface area contributed by atoms with Gasteiger partial charge >= 0.3 is 0 Å². The van der Waals surface area contributed by atoms with Gasteiger partial charge in [-0.05, 0) is 73.6 Å². The van der Waals surface area contributed by atoms with E-state index in [-0.39, 0.29) is 6.04 Å². The lowest BCUT2D eigenvalue weighted by atomic mass is 9.73. The van der Waals surface area contributed by atoms with Crippen molar-refractivity contribution in [2.75, 3.05) is 7.11 Å². The van der Waals surface area contributed by atoms with Gasteiger partial charge < -0.3 is 4.74 Å². The Morgan fingerprint density at radius 1 is 1.14 bits per heavy atom. The van der Waals surface area contributed by atoms with Crippen molar-refractivity contribution in [1.29, 1.82) is 0 Å². The Morgan fingerprint density at radius 3 is 2.24 bits per heavy atom. The van der Waals surface area contributed by atoms with Crippen molar-refractivity contribution >= 4 is 0 Å². The van der Waals surface area contributed by atoms with E-state index in [1.54, 1.807) is 7.11 Å². The zero-order chi connectivity index (χ0) is 15.4. The molecular formula is C18H30N2O. The van der Waals surface area contributed by atoms with Crippen LogP contribution in [0.5, 0.6) is 5.75 Å². The first kappa shape index (κ1) is 16.3. The van der Waals surface area contributed by atoms with Crippen molar-refractivity contribution in [3.05, 3.63) is 29.3 Å². The van der Waals surface area contributed by atoms with Crippen molar-refractivity contribution in [3.63, 3.8) is 0 Å². The van der Waals surface area contributed by atoms with Crippen LogP contribution >= 0.6 is 0 Å². The number of hydrogen-bond donors (Lipinski definition) is 2. The molecule has 0 amide bonds. The average Bonchev–Trinajstić information content (AvgIpc) is 2.50.